The maximum atomic E-state index is 4.43. The molecule has 0 unspecified atom stereocenters. The highest BCUT2D eigenvalue weighted by Gasteiger charge is 2.04. The van der Waals surface area contributed by atoms with E-state index in [0.29, 0.717) is 6.54 Å². The molecule has 0 amide bonds. The van der Waals surface area contributed by atoms with Gasteiger partial charge >= 0.3 is 0 Å². The van der Waals surface area contributed by atoms with Gasteiger partial charge in [0.25, 0.3) is 0 Å². The zero-order chi connectivity index (χ0) is 13.7. The van der Waals surface area contributed by atoms with Crippen LogP contribution >= 0.6 is 0 Å². The summed E-state index contributed by atoms with van der Waals surface area (Å²) in [5, 5.41) is 10.6. The minimum atomic E-state index is 0.548. The fourth-order valence-corrected chi connectivity index (χ4v) is 1.65. The highest BCUT2D eigenvalue weighted by molar-refractivity contribution is 5.47. The normalized spacial score (nSPS) is 10.5. The van der Waals surface area contributed by atoms with E-state index in [1.165, 1.54) is 0 Å². The van der Waals surface area contributed by atoms with Crippen LogP contribution in [0.25, 0.3) is 0 Å². The number of nitrogens with zero attached hydrogens (tertiary/aromatic N) is 5. The van der Waals surface area contributed by atoms with Gasteiger partial charge in [-0.05, 0) is 6.92 Å². The van der Waals surface area contributed by atoms with Crippen LogP contribution < -0.4 is 10.6 Å². The van der Waals surface area contributed by atoms with Crippen LogP contribution in [-0.4, -0.2) is 31.3 Å². The molecule has 0 aliphatic rings. The Balaban J connectivity index is 2.08. The number of nitrogens with one attached hydrogen (secondary N) is 2. The summed E-state index contributed by atoms with van der Waals surface area (Å²) in [7, 11) is 1.85. The Labute approximate surface area is 112 Å². The van der Waals surface area contributed by atoms with Crippen LogP contribution in [0.4, 0.5) is 11.6 Å². The molecule has 0 fully saturated rings. The van der Waals surface area contributed by atoms with Crippen molar-refractivity contribution in [3.63, 3.8) is 0 Å². The summed E-state index contributed by atoms with van der Waals surface area (Å²) in [4.78, 5) is 13.0. The highest BCUT2D eigenvalue weighted by atomic mass is 15.3. The van der Waals surface area contributed by atoms with Crippen molar-refractivity contribution in [1.82, 2.24) is 24.7 Å². The quantitative estimate of drug-likeness (QED) is 0.813. The average Bonchev–Trinajstić information content (AvgIpc) is 2.82. The number of aryl methyl sites for hydroxylation is 2. The topological polar surface area (TPSA) is 80.5 Å². The van der Waals surface area contributed by atoms with Crippen LogP contribution in [0.2, 0.25) is 0 Å². The number of rotatable bonds is 6. The van der Waals surface area contributed by atoms with Crippen LogP contribution in [0.15, 0.2) is 12.4 Å². The molecule has 0 saturated heterocycles. The van der Waals surface area contributed by atoms with Gasteiger partial charge in [0.15, 0.2) is 5.82 Å². The molecular weight excluding hydrogens is 242 g/mol. The van der Waals surface area contributed by atoms with E-state index in [1.807, 2.05) is 27.0 Å². The van der Waals surface area contributed by atoms with E-state index >= 15 is 0 Å². The molecule has 2 aromatic rings. The van der Waals surface area contributed by atoms with Crippen LogP contribution in [0.3, 0.4) is 0 Å². The van der Waals surface area contributed by atoms with E-state index in [2.05, 4.69) is 30.7 Å². The second-order valence-electron chi connectivity index (χ2n) is 4.13. The maximum absolute atomic E-state index is 4.43. The first-order valence-corrected chi connectivity index (χ1v) is 6.41. The van der Waals surface area contributed by atoms with E-state index in [9.17, 15) is 0 Å². The molecule has 2 aromatic heterocycles. The molecule has 102 valence electrons. The monoisotopic (exact) mass is 261 g/mol. The van der Waals surface area contributed by atoms with Crippen molar-refractivity contribution in [2.24, 2.45) is 7.05 Å². The van der Waals surface area contributed by atoms with Crippen molar-refractivity contribution < 1.29 is 0 Å². The summed E-state index contributed by atoms with van der Waals surface area (Å²) in [6.45, 7) is 5.46. The van der Waals surface area contributed by atoms with E-state index in [4.69, 9.17) is 0 Å². The number of hydrogen-bond donors (Lipinski definition) is 2. The fraction of sp³-hybridized carbons (Fsp3) is 0.500. The van der Waals surface area contributed by atoms with Gasteiger partial charge in [0, 0.05) is 26.1 Å². The maximum Gasteiger partial charge on any atom is 0.169 e. The molecule has 0 aliphatic carbocycles. The predicted octanol–water partition coefficient (Wildman–Crippen LogP) is 1.21. The predicted molar refractivity (Wildman–Crippen MR) is 73.9 cm³/mol. The molecule has 0 spiro atoms. The van der Waals surface area contributed by atoms with Crippen LogP contribution in [-0.2, 0) is 20.0 Å². The summed E-state index contributed by atoms with van der Waals surface area (Å²) in [6.07, 6.45) is 2.48. The lowest BCUT2D eigenvalue weighted by Crippen LogP contribution is -2.08. The molecule has 0 aliphatic heterocycles. The van der Waals surface area contributed by atoms with E-state index < -0.39 is 0 Å². The highest BCUT2D eigenvalue weighted by Crippen LogP contribution is 2.12. The molecule has 2 rings (SSSR count). The zero-order valence-electron chi connectivity index (χ0n) is 11.5. The fourth-order valence-electron chi connectivity index (χ4n) is 1.65. The van der Waals surface area contributed by atoms with Gasteiger partial charge in [-0.2, -0.15) is 5.10 Å². The van der Waals surface area contributed by atoms with Crippen molar-refractivity contribution in [2.75, 3.05) is 17.2 Å². The summed E-state index contributed by atoms with van der Waals surface area (Å²) in [5.74, 6) is 3.18. The molecule has 19 heavy (non-hydrogen) atoms. The third-order valence-corrected chi connectivity index (χ3v) is 2.52. The van der Waals surface area contributed by atoms with Gasteiger partial charge in [0.1, 0.15) is 23.8 Å². The molecule has 0 atom stereocenters. The summed E-state index contributed by atoms with van der Waals surface area (Å²) in [6, 6.07) is 1.89. The number of hydrogen-bond acceptors (Lipinski definition) is 6. The largest absolute Gasteiger partial charge is 0.370 e. The van der Waals surface area contributed by atoms with Crippen molar-refractivity contribution in [3.8, 4) is 0 Å². The van der Waals surface area contributed by atoms with E-state index in [-0.39, 0.29) is 0 Å². The van der Waals surface area contributed by atoms with Crippen LogP contribution in [0, 0.1) is 0 Å². The summed E-state index contributed by atoms with van der Waals surface area (Å²) < 4.78 is 1.68. The molecular formula is C12H19N7. The smallest absolute Gasteiger partial charge is 0.169 e. The Bertz CT molecular complexity index is 535. The zero-order valence-corrected chi connectivity index (χ0v) is 11.5. The molecule has 0 radical (unpaired) electrons. The lowest BCUT2D eigenvalue weighted by atomic mass is 10.4. The van der Waals surface area contributed by atoms with Gasteiger partial charge in [-0.25, -0.2) is 15.0 Å². The van der Waals surface area contributed by atoms with Crippen molar-refractivity contribution in [2.45, 2.75) is 26.8 Å². The second kappa shape index (κ2) is 6.12. The second-order valence-corrected chi connectivity index (χ2v) is 4.13. The molecule has 7 heteroatoms. The van der Waals surface area contributed by atoms with E-state index in [1.54, 1.807) is 11.0 Å². The minimum absolute atomic E-state index is 0.548. The first-order valence-electron chi connectivity index (χ1n) is 6.41. The third-order valence-electron chi connectivity index (χ3n) is 2.52. The lowest BCUT2D eigenvalue weighted by Gasteiger charge is -2.08. The third kappa shape index (κ3) is 3.64. The summed E-state index contributed by atoms with van der Waals surface area (Å²) in [5.41, 5.74) is 0. The molecule has 0 saturated carbocycles. The molecule has 2 heterocycles. The van der Waals surface area contributed by atoms with Gasteiger partial charge in [0.2, 0.25) is 0 Å². The van der Waals surface area contributed by atoms with Gasteiger partial charge in [0.05, 0.1) is 6.54 Å². The minimum Gasteiger partial charge on any atom is -0.370 e. The first kappa shape index (κ1) is 13.3. The van der Waals surface area contributed by atoms with Crippen molar-refractivity contribution >= 4 is 11.6 Å². The Kier molecular flexibility index (Phi) is 4.27. The molecule has 0 bridgehead atoms. The molecule has 0 aromatic carbocycles. The van der Waals surface area contributed by atoms with Gasteiger partial charge in [-0.3, -0.25) is 4.68 Å². The van der Waals surface area contributed by atoms with Crippen LogP contribution in [0.5, 0.6) is 0 Å². The molecule has 7 nitrogen and oxygen atoms in total. The Hall–Kier alpha value is -2.18. The lowest BCUT2D eigenvalue weighted by molar-refractivity contribution is 0.746. The van der Waals surface area contributed by atoms with Crippen LogP contribution in [0.1, 0.15) is 25.5 Å². The van der Waals surface area contributed by atoms with Gasteiger partial charge < -0.3 is 10.6 Å². The standard InChI is InChI=1S/C12H19N7/c1-4-9-16-10(13-5-2)6-11(17-9)14-7-12-15-8-19(3)18-12/h6,8H,4-5,7H2,1-3H3,(H2,13,14,16,17). The van der Waals surface area contributed by atoms with Gasteiger partial charge in [-0.1, -0.05) is 6.92 Å². The van der Waals surface area contributed by atoms with Crippen molar-refractivity contribution in [1.29, 1.82) is 0 Å². The average molecular weight is 261 g/mol. The van der Waals surface area contributed by atoms with E-state index in [0.717, 1.165) is 36.3 Å². The Morgan fingerprint density at radius 2 is 1.84 bits per heavy atom. The Morgan fingerprint density at radius 3 is 2.42 bits per heavy atom. The molecule has 2 N–H and O–H groups in total. The number of anilines is 2. The Morgan fingerprint density at radius 1 is 1.11 bits per heavy atom. The van der Waals surface area contributed by atoms with Gasteiger partial charge in [-0.15, -0.1) is 0 Å². The van der Waals surface area contributed by atoms with Crippen molar-refractivity contribution in [3.05, 3.63) is 24.0 Å². The summed E-state index contributed by atoms with van der Waals surface area (Å²) >= 11 is 0. The SMILES string of the molecule is CCNc1cc(NCc2ncn(C)n2)nc(CC)n1. The number of aromatic nitrogens is 5. The first-order chi connectivity index (χ1) is 9.21.